The number of ether oxygens (including phenoxy) is 1. The van der Waals surface area contributed by atoms with Crippen LogP contribution >= 0.6 is 0 Å². The summed E-state index contributed by atoms with van der Waals surface area (Å²) in [5.41, 5.74) is 0. The number of piperidine rings is 1. The van der Waals surface area contributed by atoms with Crippen LogP contribution in [0.5, 0.6) is 0 Å². The van der Waals surface area contributed by atoms with E-state index < -0.39 is 0 Å². The van der Waals surface area contributed by atoms with Gasteiger partial charge in [-0.1, -0.05) is 0 Å². The summed E-state index contributed by atoms with van der Waals surface area (Å²) in [6.07, 6.45) is 6.59. The van der Waals surface area contributed by atoms with Gasteiger partial charge in [0.15, 0.2) is 0 Å². The maximum absolute atomic E-state index is 5.41. The minimum atomic E-state index is 0.774. The molecule has 0 aromatic carbocycles. The van der Waals surface area contributed by atoms with Gasteiger partial charge >= 0.3 is 0 Å². The Kier molecular flexibility index (Phi) is 5.07. The molecule has 0 atom stereocenters. The van der Waals surface area contributed by atoms with E-state index in [4.69, 9.17) is 4.74 Å². The van der Waals surface area contributed by atoms with Crippen molar-refractivity contribution in [2.75, 3.05) is 39.9 Å². The monoisotopic (exact) mass is 226 g/mol. The summed E-state index contributed by atoms with van der Waals surface area (Å²) in [5.74, 6) is 0.962. The fraction of sp³-hybridized carbons (Fsp3) is 1.00. The molecule has 0 spiro atoms. The molecule has 2 saturated heterocycles. The van der Waals surface area contributed by atoms with Gasteiger partial charge in [-0.3, -0.25) is 0 Å². The van der Waals surface area contributed by atoms with Crippen LogP contribution in [0.3, 0.4) is 0 Å². The standard InChI is InChI=1S/C13H26N2O/c1-15(13-5-10-16-11-6-13)9-4-12-2-7-14-8-3-12/h12-14H,2-11H2,1H3. The zero-order valence-electron chi connectivity index (χ0n) is 10.6. The minimum absolute atomic E-state index is 0.774. The summed E-state index contributed by atoms with van der Waals surface area (Å²) in [7, 11) is 2.29. The largest absolute Gasteiger partial charge is 0.381 e. The zero-order chi connectivity index (χ0) is 11.2. The van der Waals surface area contributed by atoms with Crippen molar-refractivity contribution in [1.29, 1.82) is 0 Å². The van der Waals surface area contributed by atoms with Crippen molar-refractivity contribution in [1.82, 2.24) is 10.2 Å². The molecule has 3 nitrogen and oxygen atoms in total. The molecule has 1 N–H and O–H groups in total. The van der Waals surface area contributed by atoms with Gasteiger partial charge in [0, 0.05) is 19.3 Å². The van der Waals surface area contributed by atoms with E-state index in [9.17, 15) is 0 Å². The fourth-order valence-electron chi connectivity index (χ4n) is 2.87. The Morgan fingerprint density at radius 1 is 1.12 bits per heavy atom. The third-order valence-corrected chi connectivity index (χ3v) is 4.16. The Labute approximate surface area is 99.5 Å². The van der Waals surface area contributed by atoms with Gasteiger partial charge in [0.2, 0.25) is 0 Å². The maximum Gasteiger partial charge on any atom is 0.0480 e. The molecule has 0 amide bonds. The van der Waals surface area contributed by atoms with Crippen LogP contribution in [-0.2, 0) is 4.74 Å². The minimum Gasteiger partial charge on any atom is -0.381 e. The molecule has 0 aromatic rings. The molecule has 94 valence electrons. The van der Waals surface area contributed by atoms with Crippen molar-refractivity contribution < 1.29 is 4.74 Å². The molecule has 0 unspecified atom stereocenters. The molecule has 2 rings (SSSR count). The van der Waals surface area contributed by atoms with Crippen LogP contribution in [-0.4, -0.2) is 50.8 Å². The molecule has 2 fully saturated rings. The first kappa shape index (κ1) is 12.3. The van der Waals surface area contributed by atoms with Crippen molar-refractivity contribution in [3.8, 4) is 0 Å². The lowest BCUT2D eigenvalue weighted by Gasteiger charge is -2.32. The second-order valence-corrected chi connectivity index (χ2v) is 5.31. The Morgan fingerprint density at radius 2 is 1.81 bits per heavy atom. The SMILES string of the molecule is CN(CCC1CCNCC1)C1CCOCC1. The summed E-state index contributed by atoms with van der Waals surface area (Å²) in [6, 6.07) is 0.774. The first-order valence-electron chi connectivity index (χ1n) is 6.85. The Hall–Kier alpha value is -0.120. The number of nitrogens with one attached hydrogen (secondary N) is 1. The van der Waals surface area contributed by atoms with Crippen LogP contribution in [0.1, 0.15) is 32.1 Å². The lowest BCUT2D eigenvalue weighted by atomic mass is 9.94. The topological polar surface area (TPSA) is 24.5 Å². The average molecular weight is 226 g/mol. The van der Waals surface area contributed by atoms with E-state index >= 15 is 0 Å². The van der Waals surface area contributed by atoms with E-state index in [-0.39, 0.29) is 0 Å². The van der Waals surface area contributed by atoms with Crippen LogP contribution in [0.4, 0.5) is 0 Å². The molecule has 3 heteroatoms. The summed E-state index contributed by atoms with van der Waals surface area (Å²) in [4.78, 5) is 2.56. The quantitative estimate of drug-likeness (QED) is 0.786. The molecular formula is C13H26N2O. The number of rotatable bonds is 4. The van der Waals surface area contributed by atoms with Gasteiger partial charge in [0.05, 0.1) is 0 Å². The molecule has 2 aliphatic rings. The predicted octanol–water partition coefficient (Wildman–Crippen LogP) is 1.49. The molecule has 0 bridgehead atoms. The average Bonchev–Trinajstić information content (AvgIpc) is 2.38. The van der Waals surface area contributed by atoms with E-state index in [0.717, 1.165) is 25.2 Å². The number of hydrogen-bond acceptors (Lipinski definition) is 3. The lowest BCUT2D eigenvalue weighted by Crippen LogP contribution is -2.38. The van der Waals surface area contributed by atoms with Gasteiger partial charge in [0.25, 0.3) is 0 Å². The summed E-state index contributed by atoms with van der Waals surface area (Å²) >= 11 is 0. The third-order valence-electron chi connectivity index (χ3n) is 4.16. The van der Waals surface area contributed by atoms with Gasteiger partial charge in [-0.25, -0.2) is 0 Å². The van der Waals surface area contributed by atoms with Crippen molar-refractivity contribution in [3.05, 3.63) is 0 Å². The van der Waals surface area contributed by atoms with E-state index in [2.05, 4.69) is 17.3 Å². The molecule has 0 aliphatic carbocycles. The van der Waals surface area contributed by atoms with E-state index in [1.54, 1.807) is 0 Å². The predicted molar refractivity (Wildman–Crippen MR) is 66.7 cm³/mol. The van der Waals surface area contributed by atoms with Crippen LogP contribution < -0.4 is 5.32 Å². The van der Waals surface area contributed by atoms with Crippen molar-refractivity contribution >= 4 is 0 Å². The molecule has 16 heavy (non-hydrogen) atoms. The molecule has 2 heterocycles. The van der Waals surface area contributed by atoms with E-state index in [1.165, 1.54) is 51.7 Å². The zero-order valence-corrected chi connectivity index (χ0v) is 10.6. The number of hydrogen-bond donors (Lipinski definition) is 1. The first-order valence-corrected chi connectivity index (χ1v) is 6.85. The molecule has 0 radical (unpaired) electrons. The summed E-state index contributed by atoms with van der Waals surface area (Å²) < 4.78 is 5.41. The highest BCUT2D eigenvalue weighted by molar-refractivity contribution is 4.74. The third kappa shape index (κ3) is 3.72. The second kappa shape index (κ2) is 6.58. The highest BCUT2D eigenvalue weighted by atomic mass is 16.5. The smallest absolute Gasteiger partial charge is 0.0480 e. The van der Waals surface area contributed by atoms with Crippen LogP contribution in [0.2, 0.25) is 0 Å². The van der Waals surface area contributed by atoms with Crippen molar-refractivity contribution in [2.24, 2.45) is 5.92 Å². The van der Waals surface area contributed by atoms with Gasteiger partial charge < -0.3 is 15.0 Å². The molecular weight excluding hydrogens is 200 g/mol. The van der Waals surface area contributed by atoms with Crippen molar-refractivity contribution in [2.45, 2.75) is 38.1 Å². The molecule has 0 saturated carbocycles. The van der Waals surface area contributed by atoms with Crippen LogP contribution in [0, 0.1) is 5.92 Å². The Morgan fingerprint density at radius 3 is 2.50 bits per heavy atom. The second-order valence-electron chi connectivity index (χ2n) is 5.31. The fourth-order valence-corrected chi connectivity index (χ4v) is 2.87. The summed E-state index contributed by atoms with van der Waals surface area (Å²) in [6.45, 7) is 5.65. The van der Waals surface area contributed by atoms with Gasteiger partial charge in [-0.2, -0.15) is 0 Å². The van der Waals surface area contributed by atoms with Crippen molar-refractivity contribution in [3.63, 3.8) is 0 Å². The van der Waals surface area contributed by atoms with Gasteiger partial charge in [0.1, 0.15) is 0 Å². The highest BCUT2D eigenvalue weighted by Gasteiger charge is 2.20. The lowest BCUT2D eigenvalue weighted by molar-refractivity contribution is 0.0410. The molecule has 0 aromatic heterocycles. The van der Waals surface area contributed by atoms with Gasteiger partial charge in [-0.15, -0.1) is 0 Å². The van der Waals surface area contributed by atoms with E-state index in [1.807, 2.05) is 0 Å². The highest BCUT2D eigenvalue weighted by Crippen LogP contribution is 2.18. The number of nitrogens with zero attached hydrogens (tertiary/aromatic N) is 1. The first-order chi connectivity index (χ1) is 7.86. The normalized spacial score (nSPS) is 25.1. The van der Waals surface area contributed by atoms with Gasteiger partial charge in [-0.05, 0) is 64.7 Å². The molecule has 2 aliphatic heterocycles. The van der Waals surface area contributed by atoms with E-state index in [0.29, 0.717) is 0 Å². The maximum atomic E-state index is 5.41. The Balaban J connectivity index is 1.63. The Bertz CT molecular complexity index is 186. The van der Waals surface area contributed by atoms with Crippen LogP contribution in [0.15, 0.2) is 0 Å². The van der Waals surface area contributed by atoms with Crippen LogP contribution in [0.25, 0.3) is 0 Å². The summed E-state index contributed by atoms with van der Waals surface area (Å²) in [5, 5.41) is 3.44.